The normalized spacial score (nSPS) is 18.3. The minimum atomic E-state index is -0.418. The molecule has 0 bridgehead atoms. The number of nitrogens with one attached hydrogen (secondary N) is 1. The smallest absolute Gasteiger partial charge is 0.257 e. The van der Waals surface area contributed by atoms with Crippen molar-refractivity contribution >= 4 is 29.1 Å². The lowest BCUT2D eigenvalue weighted by molar-refractivity contribution is 0.0719. The summed E-state index contributed by atoms with van der Waals surface area (Å²) in [6, 6.07) is 9.19. The molecule has 5 nitrogen and oxygen atoms in total. The van der Waals surface area contributed by atoms with E-state index < -0.39 is 5.82 Å². The van der Waals surface area contributed by atoms with Crippen molar-refractivity contribution in [2.24, 2.45) is 0 Å². The zero-order valence-corrected chi connectivity index (χ0v) is 15.6. The highest BCUT2D eigenvalue weighted by Crippen LogP contribution is 2.35. The minimum Gasteiger partial charge on any atom is -0.354 e. The second kappa shape index (κ2) is 6.85. The molecule has 0 unspecified atom stereocenters. The van der Waals surface area contributed by atoms with Gasteiger partial charge >= 0.3 is 0 Å². The third kappa shape index (κ3) is 3.14. The van der Waals surface area contributed by atoms with E-state index in [-0.39, 0.29) is 29.5 Å². The molecule has 1 N–H and O–H groups in total. The number of hydrogen-bond acceptors (Lipinski definition) is 3. The van der Waals surface area contributed by atoms with E-state index in [1.54, 1.807) is 24.3 Å². The molecular formula is C20H19ClFN3O2. The van der Waals surface area contributed by atoms with E-state index in [1.165, 1.54) is 12.1 Å². The molecule has 0 radical (unpaired) electrons. The van der Waals surface area contributed by atoms with Crippen molar-refractivity contribution in [2.45, 2.75) is 25.6 Å². The third-order valence-electron chi connectivity index (χ3n) is 5.25. The lowest BCUT2D eigenvalue weighted by Crippen LogP contribution is -2.50. The van der Waals surface area contributed by atoms with Crippen LogP contribution in [0.15, 0.2) is 36.4 Å². The van der Waals surface area contributed by atoms with Crippen molar-refractivity contribution in [1.82, 2.24) is 10.2 Å². The predicted molar refractivity (Wildman–Crippen MR) is 101 cm³/mol. The van der Waals surface area contributed by atoms with Gasteiger partial charge in [-0.1, -0.05) is 17.7 Å². The van der Waals surface area contributed by atoms with Crippen molar-refractivity contribution in [3.63, 3.8) is 0 Å². The molecule has 0 aliphatic carbocycles. The van der Waals surface area contributed by atoms with Crippen LogP contribution in [0.2, 0.25) is 5.02 Å². The first kappa shape index (κ1) is 17.8. The van der Waals surface area contributed by atoms with E-state index >= 15 is 0 Å². The highest BCUT2D eigenvalue weighted by Gasteiger charge is 2.38. The number of anilines is 1. The van der Waals surface area contributed by atoms with E-state index in [1.807, 2.05) is 11.9 Å². The van der Waals surface area contributed by atoms with Crippen molar-refractivity contribution in [1.29, 1.82) is 0 Å². The second-order valence-corrected chi connectivity index (χ2v) is 7.29. The Bertz CT molecular complexity index is 933. The zero-order chi connectivity index (χ0) is 19.1. The van der Waals surface area contributed by atoms with Crippen LogP contribution in [0.5, 0.6) is 0 Å². The van der Waals surface area contributed by atoms with Crippen LogP contribution in [0.3, 0.4) is 0 Å². The average molecular weight is 388 g/mol. The van der Waals surface area contributed by atoms with Gasteiger partial charge in [0, 0.05) is 30.7 Å². The predicted octanol–water partition coefficient (Wildman–Crippen LogP) is 3.42. The standard InChI is InChI=1S/C20H19ClFN3O2/c1-24-17-9-12(5-7-15(17)20(27)25-8-2-3-18(24)25)19(26)23-11-13-4-6-14(22)10-16(13)21/h4-7,9-10,18H,2-3,8,11H2,1H3,(H,23,26)/t18-/m0/s1. The minimum absolute atomic E-state index is 0.0238. The number of nitrogens with zero attached hydrogens (tertiary/aromatic N) is 2. The van der Waals surface area contributed by atoms with Crippen molar-refractivity contribution < 1.29 is 14.0 Å². The molecule has 0 aromatic heterocycles. The van der Waals surface area contributed by atoms with Gasteiger partial charge in [0.15, 0.2) is 0 Å². The molecule has 2 heterocycles. The molecule has 27 heavy (non-hydrogen) atoms. The Hall–Kier alpha value is -2.60. The quantitative estimate of drug-likeness (QED) is 0.878. The summed E-state index contributed by atoms with van der Waals surface area (Å²) in [5, 5.41) is 3.07. The van der Waals surface area contributed by atoms with Gasteiger partial charge in [0.25, 0.3) is 11.8 Å². The first-order valence-electron chi connectivity index (χ1n) is 8.85. The van der Waals surface area contributed by atoms with Crippen LogP contribution in [0.1, 0.15) is 39.1 Å². The molecule has 0 saturated carbocycles. The summed E-state index contributed by atoms with van der Waals surface area (Å²) < 4.78 is 13.1. The van der Waals surface area contributed by atoms with Gasteiger partial charge in [-0.3, -0.25) is 9.59 Å². The molecular weight excluding hydrogens is 369 g/mol. The number of hydrogen-bond donors (Lipinski definition) is 1. The summed E-state index contributed by atoms with van der Waals surface area (Å²) in [6.07, 6.45) is 1.98. The summed E-state index contributed by atoms with van der Waals surface area (Å²) >= 11 is 6.00. The van der Waals surface area contributed by atoms with Gasteiger partial charge < -0.3 is 15.1 Å². The second-order valence-electron chi connectivity index (χ2n) is 6.88. The van der Waals surface area contributed by atoms with E-state index in [0.717, 1.165) is 25.1 Å². The fourth-order valence-electron chi connectivity index (χ4n) is 3.79. The van der Waals surface area contributed by atoms with Crippen LogP contribution in [0.25, 0.3) is 0 Å². The summed E-state index contributed by atoms with van der Waals surface area (Å²) in [5.41, 5.74) is 2.50. The largest absolute Gasteiger partial charge is 0.354 e. The molecule has 2 aromatic rings. The Morgan fingerprint density at radius 2 is 2.11 bits per heavy atom. The van der Waals surface area contributed by atoms with Gasteiger partial charge in [-0.2, -0.15) is 0 Å². The van der Waals surface area contributed by atoms with Crippen LogP contribution >= 0.6 is 11.6 Å². The molecule has 2 amide bonds. The summed E-state index contributed by atoms with van der Waals surface area (Å²) in [7, 11) is 1.95. The van der Waals surface area contributed by atoms with E-state index in [4.69, 9.17) is 11.6 Å². The van der Waals surface area contributed by atoms with E-state index in [9.17, 15) is 14.0 Å². The third-order valence-corrected chi connectivity index (χ3v) is 5.61. The van der Waals surface area contributed by atoms with Crippen molar-refractivity contribution in [3.05, 3.63) is 63.9 Å². The molecule has 7 heteroatoms. The molecule has 4 rings (SSSR count). The molecule has 2 aromatic carbocycles. The molecule has 1 saturated heterocycles. The summed E-state index contributed by atoms with van der Waals surface area (Å²) in [5.74, 6) is -0.665. The van der Waals surface area contributed by atoms with Gasteiger partial charge in [0.05, 0.1) is 11.3 Å². The maximum Gasteiger partial charge on any atom is 0.257 e. The van der Waals surface area contributed by atoms with Crippen LogP contribution in [-0.4, -0.2) is 36.5 Å². The van der Waals surface area contributed by atoms with Crippen LogP contribution < -0.4 is 10.2 Å². The first-order chi connectivity index (χ1) is 13.0. The van der Waals surface area contributed by atoms with Gasteiger partial charge in [-0.25, -0.2) is 4.39 Å². The molecule has 140 valence electrons. The number of fused-ring (bicyclic) bond motifs is 2. The number of rotatable bonds is 3. The average Bonchev–Trinajstić information content (AvgIpc) is 3.15. The number of carbonyl (C=O) groups is 2. The molecule has 0 spiro atoms. The molecule has 2 aliphatic heterocycles. The Morgan fingerprint density at radius 1 is 1.30 bits per heavy atom. The highest BCUT2D eigenvalue weighted by atomic mass is 35.5. The van der Waals surface area contributed by atoms with Crippen LogP contribution in [0, 0.1) is 5.82 Å². The molecule has 1 atom stereocenters. The Labute approximate surface area is 161 Å². The Kier molecular flexibility index (Phi) is 4.52. The first-order valence-corrected chi connectivity index (χ1v) is 9.23. The molecule has 1 fully saturated rings. The SMILES string of the molecule is CN1c2cc(C(=O)NCc3ccc(F)cc3Cl)ccc2C(=O)N2CCC[C@H]21. The maximum atomic E-state index is 13.1. The fourth-order valence-corrected chi connectivity index (χ4v) is 4.03. The van der Waals surface area contributed by atoms with Gasteiger partial charge in [0.2, 0.25) is 0 Å². The lowest BCUT2D eigenvalue weighted by atomic mass is 10.0. The summed E-state index contributed by atoms with van der Waals surface area (Å²) in [4.78, 5) is 29.2. The highest BCUT2D eigenvalue weighted by molar-refractivity contribution is 6.31. The number of halogens is 2. The number of carbonyl (C=O) groups excluding carboxylic acids is 2. The van der Waals surface area contributed by atoms with Gasteiger partial charge in [-0.15, -0.1) is 0 Å². The van der Waals surface area contributed by atoms with E-state index in [0.29, 0.717) is 16.7 Å². The van der Waals surface area contributed by atoms with Crippen molar-refractivity contribution in [2.75, 3.05) is 18.5 Å². The van der Waals surface area contributed by atoms with Crippen LogP contribution in [0.4, 0.5) is 10.1 Å². The Morgan fingerprint density at radius 3 is 2.89 bits per heavy atom. The van der Waals surface area contributed by atoms with Gasteiger partial charge in [-0.05, 0) is 48.7 Å². The summed E-state index contributed by atoms with van der Waals surface area (Å²) in [6.45, 7) is 0.966. The fraction of sp³-hybridized carbons (Fsp3) is 0.300. The number of benzene rings is 2. The number of amides is 2. The topological polar surface area (TPSA) is 52.7 Å². The maximum absolute atomic E-state index is 13.1. The van der Waals surface area contributed by atoms with E-state index in [2.05, 4.69) is 10.2 Å². The zero-order valence-electron chi connectivity index (χ0n) is 14.8. The molecule has 2 aliphatic rings. The lowest BCUT2D eigenvalue weighted by Gasteiger charge is -2.40. The Balaban J connectivity index is 1.54. The van der Waals surface area contributed by atoms with Crippen LogP contribution in [-0.2, 0) is 6.54 Å². The van der Waals surface area contributed by atoms with Crippen molar-refractivity contribution in [3.8, 4) is 0 Å². The van der Waals surface area contributed by atoms with Gasteiger partial charge in [0.1, 0.15) is 12.0 Å². The monoisotopic (exact) mass is 387 g/mol.